The van der Waals surface area contributed by atoms with Crippen LogP contribution >= 0.6 is 23.2 Å². The lowest BCUT2D eigenvalue weighted by Gasteiger charge is -2.27. The van der Waals surface area contributed by atoms with E-state index >= 15 is 0 Å². The van der Waals surface area contributed by atoms with E-state index in [1.54, 1.807) is 29.2 Å². The topological polar surface area (TPSA) is 58.2 Å². The smallest absolute Gasteiger partial charge is 0.257 e. The van der Waals surface area contributed by atoms with E-state index in [-0.39, 0.29) is 5.91 Å². The number of aromatic nitrogens is 2. The van der Waals surface area contributed by atoms with Crippen LogP contribution in [0.15, 0.2) is 42.5 Å². The number of halogens is 2. The predicted molar refractivity (Wildman–Crippen MR) is 108 cm³/mol. The first-order valence-electron chi connectivity index (χ1n) is 8.61. The van der Waals surface area contributed by atoms with Gasteiger partial charge >= 0.3 is 0 Å². The third kappa shape index (κ3) is 3.86. The number of fused-ring (bicyclic) bond motifs is 1. The highest BCUT2D eigenvalue weighted by molar-refractivity contribution is 6.36. The minimum Gasteiger partial charge on any atom is -0.378 e. The summed E-state index contributed by atoms with van der Waals surface area (Å²) in [5, 5.41) is 1.02. The molecule has 0 atom stereocenters. The van der Waals surface area contributed by atoms with Crippen molar-refractivity contribution < 1.29 is 9.53 Å². The first kappa shape index (κ1) is 18.0. The van der Waals surface area contributed by atoms with Gasteiger partial charge in [0.15, 0.2) is 0 Å². The number of imidazole rings is 1. The second-order valence-electron chi connectivity index (χ2n) is 6.23. The molecule has 1 aliphatic heterocycles. The molecule has 0 spiro atoms. The van der Waals surface area contributed by atoms with Gasteiger partial charge in [0.1, 0.15) is 5.82 Å². The molecule has 2 aromatic carbocycles. The van der Waals surface area contributed by atoms with Crippen molar-refractivity contribution in [2.75, 3.05) is 26.3 Å². The average molecular weight is 402 g/mol. The van der Waals surface area contributed by atoms with E-state index in [9.17, 15) is 4.79 Å². The van der Waals surface area contributed by atoms with E-state index in [0.29, 0.717) is 53.3 Å². The van der Waals surface area contributed by atoms with E-state index in [0.717, 1.165) is 11.0 Å². The van der Waals surface area contributed by atoms with Gasteiger partial charge in [0.25, 0.3) is 5.91 Å². The molecule has 0 unspecified atom stereocenters. The van der Waals surface area contributed by atoms with Gasteiger partial charge in [-0.3, -0.25) is 4.79 Å². The molecule has 5 nitrogen and oxygen atoms in total. The summed E-state index contributed by atoms with van der Waals surface area (Å²) in [5.74, 6) is 0.405. The molecule has 1 aromatic heterocycles. The number of para-hydroxylation sites is 2. The van der Waals surface area contributed by atoms with Crippen LogP contribution in [0.25, 0.3) is 22.7 Å². The van der Waals surface area contributed by atoms with E-state index < -0.39 is 0 Å². The molecule has 2 heterocycles. The number of nitrogens with zero attached hydrogens (tertiary/aromatic N) is 2. The number of hydrogen-bond donors (Lipinski definition) is 1. The van der Waals surface area contributed by atoms with Crippen LogP contribution in [-0.4, -0.2) is 47.1 Å². The Morgan fingerprint density at radius 2 is 1.93 bits per heavy atom. The number of H-pyrrole nitrogens is 1. The largest absolute Gasteiger partial charge is 0.378 e. The lowest BCUT2D eigenvalue weighted by atomic mass is 10.1. The maximum atomic E-state index is 13.2. The molecule has 7 heteroatoms. The number of carbonyl (C=O) groups is 1. The summed E-state index contributed by atoms with van der Waals surface area (Å²) in [6.07, 6.45) is 1.76. The van der Waals surface area contributed by atoms with Crippen molar-refractivity contribution in [3.63, 3.8) is 0 Å². The molecule has 3 aromatic rings. The highest BCUT2D eigenvalue weighted by Gasteiger charge is 2.24. The molecular formula is C20H17Cl2N3O2. The molecule has 27 heavy (non-hydrogen) atoms. The fourth-order valence-electron chi connectivity index (χ4n) is 3.02. The highest BCUT2D eigenvalue weighted by Crippen LogP contribution is 2.27. The molecule has 4 rings (SSSR count). The number of morpholine rings is 1. The van der Waals surface area contributed by atoms with Crippen LogP contribution < -0.4 is 0 Å². The average Bonchev–Trinajstić information content (AvgIpc) is 3.11. The Bertz CT molecular complexity index is 990. The van der Waals surface area contributed by atoms with Crippen LogP contribution in [0.4, 0.5) is 0 Å². The number of nitrogens with one attached hydrogen (secondary N) is 1. The van der Waals surface area contributed by atoms with Crippen molar-refractivity contribution in [1.82, 2.24) is 14.9 Å². The summed E-state index contributed by atoms with van der Waals surface area (Å²) >= 11 is 12.3. The Balaban J connectivity index is 1.80. The van der Waals surface area contributed by atoms with E-state index in [1.807, 2.05) is 24.3 Å². The monoisotopic (exact) mass is 401 g/mol. The molecule has 1 amide bonds. The Kier molecular flexibility index (Phi) is 5.16. The van der Waals surface area contributed by atoms with Gasteiger partial charge in [-0.15, -0.1) is 0 Å². The first-order chi connectivity index (χ1) is 13.1. The molecule has 1 N–H and O–H groups in total. The first-order valence-corrected chi connectivity index (χ1v) is 9.36. The van der Waals surface area contributed by atoms with Crippen molar-refractivity contribution in [2.24, 2.45) is 0 Å². The summed E-state index contributed by atoms with van der Waals surface area (Å²) in [7, 11) is 0. The zero-order chi connectivity index (χ0) is 18.8. The highest BCUT2D eigenvalue weighted by atomic mass is 35.5. The van der Waals surface area contributed by atoms with Crippen LogP contribution in [0, 0.1) is 0 Å². The predicted octanol–water partition coefficient (Wildman–Crippen LogP) is 4.27. The number of ether oxygens (including phenoxy) is 1. The zero-order valence-corrected chi connectivity index (χ0v) is 15.9. The second-order valence-corrected chi connectivity index (χ2v) is 7.07. The molecular weight excluding hydrogens is 385 g/mol. The minimum absolute atomic E-state index is 0.108. The molecule has 1 saturated heterocycles. The van der Waals surface area contributed by atoms with Crippen LogP contribution in [0.2, 0.25) is 10.0 Å². The van der Waals surface area contributed by atoms with Gasteiger partial charge in [-0.25, -0.2) is 4.98 Å². The maximum Gasteiger partial charge on any atom is 0.257 e. The Morgan fingerprint density at radius 3 is 2.67 bits per heavy atom. The van der Waals surface area contributed by atoms with Gasteiger partial charge in [0.2, 0.25) is 0 Å². The van der Waals surface area contributed by atoms with Crippen LogP contribution in [-0.2, 0) is 9.53 Å². The Hall–Kier alpha value is -2.34. The van der Waals surface area contributed by atoms with Crippen molar-refractivity contribution in [3.8, 4) is 0 Å². The van der Waals surface area contributed by atoms with Crippen LogP contribution in [0.5, 0.6) is 0 Å². The maximum absolute atomic E-state index is 13.2. The lowest BCUT2D eigenvalue weighted by Crippen LogP contribution is -2.41. The number of aromatic amines is 1. The van der Waals surface area contributed by atoms with Crippen molar-refractivity contribution in [1.29, 1.82) is 0 Å². The summed E-state index contributed by atoms with van der Waals surface area (Å²) in [6.45, 7) is 2.15. The van der Waals surface area contributed by atoms with Gasteiger partial charge < -0.3 is 14.6 Å². The van der Waals surface area contributed by atoms with Gasteiger partial charge in [-0.1, -0.05) is 41.4 Å². The number of amides is 1. The minimum atomic E-state index is -0.108. The number of hydrogen-bond acceptors (Lipinski definition) is 3. The number of benzene rings is 2. The Labute approximate surface area is 166 Å². The fourth-order valence-corrected chi connectivity index (χ4v) is 3.49. The van der Waals surface area contributed by atoms with Crippen LogP contribution in [0.1, 0.15) is 11.4 Å². The summed E-state index contributed by atoms with van der Waals surface area (Å²) < 4.78 is 5.36. The van der Waals surface area contributed by atoms with Gasteiger partial charge in [0, 0.05) is 23.1 Å². The number of rotatable bonds is 3. The third-order valence-corrected chi connectivity index (χ3v) is 5.00. The summed E-state index contributed by atoms with van der Waals surface area (Å²) in [4.78, 5) is 22.8. The van der Waals surface area contributed by atoms with Gasteiger partial charge in [-0.05, 0) is 35.9 Å². The second kappa shape index (κ2) is 7.72. The molecule has 0 saturated carbocycles. The van der Waals surface area contributed by atoms with Crippen molar-refractivity contribution in [3.05, 3.63) is 63.9 Å². The van der Waals surface area contributed by atoms with Crippen molar-refractivity contribution >= 4 is 51.8 Å². The zero-order valence-electron chi connectivity index (χ0n) is 14.4. The molecule has 0 aliphatic carbocycles. The van der Waals surface area contributed by atoms with Crippen LogP contribution in [0.3, 0.4) is 0 Å². The SMILES string of the molecule is O=C(C(=Cc1ccc(Cl)cc1Cl)c1nc2ccccc2[nH]1)N1CCOCC1. The fraction of sp³-hybridized carbons (Fsp3) is 0.200. The van der Waals surface area contributed by atoms with Gasteiger partial charge in [-0.2, -0.15) is 0 Å². The molecule has 1 fully saturated rings. The van der Waals surface area contributed by atoms with E-state index in [2.05, 4.69) is 9.97 Å². The molecule has 1 aliphatic rings. The number of carbonyl (C=O) groups excluding carboxylic acids is 1. The molecule has 138 valence electrons. The van der Waals surface area contributed by atoms with Crippen molar-refractivity contribution in [2.45, 2.75) is 0 Å². The standard InChI is InChI=1S/C20H17Cl2N3O2/c21-14-6-5-13(16(22)12-14)11-15(20(26)25-7-9-27-10-8-25)19-23-17-3-1-2-4-18(17)24-19/h1-6,11-12H,7-10H2,(H,23,24). The summed E-state index contributed by atoms with van der Waals surface area (Å²) in [5.41, 5.74) is 2.83. The Morgan fingerprint density at radius 1 is 1.15 bits per heavy atom. The lowest BCUT2D eigenvalue weighted by molar-refractivity contribution is -0.128. The quantitative estimate of drug-likeness (QED) is 0.666. The molecule has 0 bridgehead atoms. The molecule has 0 radical (unpaired) electrons. The van der Waals surface area contributed by atoms with E-state index in [1.165, 1.54) is 0 Å². The third-order valence-electron chi connectivity index (χ3n) is 4.44. The summed E-state index contributed by atoms with van der Waals surface area (Å²) in [6, 6.07) is 12.9. The normalized spacial score (nSPS) is 15.3. The van der Waals surface area contributed by atoms with Gasteiger partial charge in [0.05, 0.1) is 29.8 Å². The van der Waals surface area contributed by atoms with E-state index in [4.69, 9.17) is 27.9 Å².